The van der Waals surface area contributed by atoms with Crippen LogP contribution in [0.5, 0.6) is 23.0 Å². The van der Waals surface area contributed by atoms with E-state index in [4.69, 9.17) is 28.4 Å². The molecule has 0 fully saturated rings. The maximum Gasteiger partial charge on any atom is 0.453 e. The summed E-state index contributed by atoms with van der Waals surface area (Å²) < 4.78 is 369. The van der Waals surface area contributed by atoms with Crippen molar-refractivity contribution in [3.8, 4) is 23.0 Å². The SMILES string of the molecule is COc1ccc(OCC(O)COCC(F)(F)OC(F)(F)C(F)(F)CC(F)(F)C(F)(F)C(F)(F)COCc2ccc(COC(O)CCCC(O)OCc3ccc(COCC(F)(F)C(F)(F)OC(F)(F)C(F)(F)OC(F)(F)COCC(O)COc4ccc(OC)cc4)cc3)cc2)cc1. The molecule has 0 amide bonds. The Labute approximate surface area is 530 Å². The molecule has 0 aliphatic rings. The standard InChI is InChI=1S/C57H62F22O17/c1-84-41-14-18-43(19-15-41)90-28-39(80)26-88-33-51(66,67)94-54(72,73)48(60,61)30-47(58,59)53(70,71)49(62,63)31-86-22-35-6-10-37(11-7-35)24-92-45(82)4-3-5-46(83)93-25-38-12-8-36(9-13-38)23-87-32-50(64,65)55(74,75)96-57(78,79)56(76,77)95-52(68,69)34-89-27-40(81)29-91-44-20-16-42(85-2)17-21-44/h6-21,39-40,45-46,80-83H,3-5,22-34H2,1-2H3. The molecule has 17 nitrogen and oxygen atoms in total. The lowest BCUT2D eigenvalue weighted by atomic mass is 9.98. The van der Waals surface area contributed by atoms with Gasteiger partial charge in [-0.2, -0.15) is 96.6 Å². The molecule has 4 aromatic carbocycles. The van der Waals surface area contributed by atoms with Crippen molar-refractivity contribution in [1.29, 1.82) is 0 Å². The predicted molar refractivity (Wildman–Crippen MR) is 281 cm³/mol. The summed E-state index contributed by atoms with van der Waals surface area (Å²) in [5, 5.41) is 40.1. The lowest BCUT2D eigenvalue weighted by molar-refractivity contribution is -0.530. The maximum absolute atomic E-state index is 14.5. The number of alkyl halides is 22. The Morgan fingerprint density at radius 2 is 0.656 bits per heavy atom. The molecule has 0 aromatic heterocycles. The van der Waals surface area contributed by atoms with Gasteiger partial charge in [-0.15, -0.1) is 0 Å². The van der Waals surface area contributed by atoms with Crippen LogP contribution >= 0.6 is 0 Å². The topological polar surface area (TPSA) is 201 Å². The third-order valence-electron chi connectivity index (χ3n) is 12.5. The van der Waals surface area contributed by atoms with Gasteiger partial charge < -0.3 is 67.8 Å². The maximum atomic E-state index is 14.5. The third kappa shape index (κ3) is 25.7. The molecule has 4 unspecified atom stereocenters. The van der Waals surface area contributed by atoms with Crippen LogP contribution in [-0.4, -0.2) is 179 Å². The zero-order valence-corrected chi connectivity index (χ0v) is 49.8. The summed E-state index contributed by atoms with van der Waals surface area (Å²) in [6.45, 7) is -15.9. The van der Waals surface area contributed by atoms with E-state index in [-0.39, 0.29) is 60.7 Å². The number of rotatable bonds is 47. The van der Waals surface area contributed by atoms with Gasteiger partial charge in [0.25, 0.3) is 0 Å². The summed E-state index contributed by atoms with van der Waals surface area (Å²) in [5.41, 5.74) is 0.421. The zero-order valence-electron chi connectivity index (χ0n) is 49.8. The van der Waals surface area contributed by atoms with Crippen molar-refractivity contribution in [2.75, 3.05) is 67.1 Å². The number of aliphatic hydroxyl groups excluding tert-OH is 4. The predicted octanol–water partition coefficient (Wildman–Crippen LogP) is 12.4. The smallest absolute Gasteiger partial charge is 0.453 e. The fourth-order valence-electron chi connectivity index (χ4n) is 7.33. The average Bonchev–Trinajstić information content (AvgIpc) is 0.759. The highest BCUT2D eigenvalue weighted by molar-refractivity contribution is 5.32. The molecule has 96 heavy (non-hydrogen) atoms. The van der Waals surface area contributed by atoms with Crippen LogP contribution in [0, 0.1) is 0 Å². The number of methoxy groups -OCH3 is 2. The lowest BCUT2D eigenvalue weighted by Crippen LogP contribution is -2.60. The lowest BCUT2D eigenvalue weighted by Gasteiger charge is -2.36. The van der Waals surface area contributed by atoms with E-state index in [2.05, 4.69) is 33.2 Å². The summed E-state index contributed by atoms with van der Waals surface area (Å²) in [6, 6.07) is 20.7. The first kappa shape index (κ1) is 82.4. The molecule has 0 saturated carbocycles. The highest BCUT2D eigenvalue weighted by Crippen LogP contribution is 2.54. The first-order valence-electron chi connectivity index (χ1n) is 27.5. The number of hydrogen-bond acceptors (Lipinski definition) is 17. The number of halogens is 22. The zero-order chi connectivity index (χ0) is 72.2. The molecule has 546 valence electrons. The van der Waals surface area contributed by atoms with Crippen LogP contribution in [0.3, 0.4) is 0 Å². The summed E-state index contributed by atoms with van der Waals surface area (Å²) in [5.74, 6) is -31.1. The highest BCUT2D eigenvalue weighted by atomic mass is 19.4. The minimum atomic E-state index is -6.89. The molecule has 0 aliphatic heterocycles. The number of ether oxygens (including phenoxy) is 13. The van der Waals surface area contributed by atoms with Crippen LogP contribution in [0.15, 0.2) is 97.1 Å². The van der Waals surface area contributed by atoms with E-state index in [0.717, 1.165) is 24.3 Å². The molecule has 39 heteroatoms. The van der Waals surface area contributed by atoms with E-state index in [1.807, 2.05) is 0 Å². The van der Waals surface area contributed by atoms with E-state index >= 15 is 0 Å². The van der Waals surface area contributed by atoms with E-state index in [9.17, 15) is 117 Å². The molecule has 0 bridgehead atoms. The van der Waals surface area contributed by atoms with Crippen LogP contribution in [-0.2, 0) is 69.1 Å². The Bertz CT molecular complexity index is 2900. The Balaban J connectivity index is 1.11. The van der Waals surface area contributed by atoms with Crippen molar-refractivity contribution in [1.82, 2.24) is 0 Å². The summed E-state index contributed by atoms with van der Waals surface area (Å²) in [6.07, 6.45) is -48.5. The molecule has 4 aromatic rings. The fourth-order valence-corrected chi connectivity index (χ4v) is 7.33. The second-order valence-electron chi connectivity index (χ2n) is 20.6. The van der Waals surface area contributed by atoms with Crippen LogP contribution in [0.25, 0.3) is 0 Å². The number of aliphatic hydroxyl groups is 4. The van der Waals surface area contributed by atoms with Gasteiger partial charge in [0, 0.05) is 0 Å². The summed E-state index contributed by atoms with van der Waals surface area (Å²) in [4.78, 5) is 0. The Kier molecular flexibility index (Phi) is 29.8. The highest BCUT2D eigenvalue weighted by Gasteiger charge is 2.77. The van der Waals surface area contributed by atoms with Crippen LogP contribution in [0.1, 0.15) is 47.9 Å². The minimum absolute atomic E-state index is 0.0341. The number of hydrogen-bond donors (Lipinski definition) is 4. The van der Waals surface area contributed by atoms with E-state index < -0.39 is 164 Å². The monoisotopic (exact) mass is 1440 g/mol. The van der Waals surface area contributed by atoms with Crippen molar-refractivity contribution in [3.63, 3.8) is 0 Å². The van der Waals surface area contributed by atoms with Gasteiger partial charge in [-0.25, -0.2) is 14.2 Å². The van der Waals surface area contributed by atoms with Crippen molar-refractivity contribution < 1.29 is 179 Å². The average molecular weight is 1440 g/mol. The largest absolute Gasteiger partial charge is 0.497 e. The molecule has 0 aliphatic carbocycles. The first-order valence-corrected chi connectivity index (χ1v) is 27.5. The van der Waals surface area contributed by atoms with Crippen LogP contribution < -0.4 is 18.9 Å². The van der Waals surface area contributed by atoms with E-state index in [1.165, 1.54) is 87.0 Å². The first-order chi connectivity index (χ1) is 44.3. The molecule has 4 atom stereocenters. The summed E-state index contributed by atoms with van der Waals surface area (Å²) >= 11 is 0. The van der Waals surface area contributed by atoms with E-state index in [1.54, 1.807) is 0 Å². The van der Waals surface area contributed by atoms with Gasteiger partial charge in [-0.3, -0.25) is 0 Å². The van der Waals surface area contributed by atoms with Crippen molar-refractivity contribution in [2.45, 2.75) is 143 Å². The van der Waals surface area contributed by atoms with Gasteiger partial charge in [0.1, 0.15) is 74.8 Å². The quantitative estimate of drug-likeness (QED) is 0.0240. The molecule has 0 heterocycles. The number of benzene rings is 4. The van der Waals surface area contributed by atoms with Crippen LogP contribution in [0.2, 0.25) is 0 Å². The van der Waals surface area contributed by atoms with Crippen molar-refractivity contribution >= 4 is 0 Å². The summed E-state index contributed by atoms with van der Waals surface area (Å²) in [7, 11) is 2.71. The van der Waals surface area contributed by atoms with Gasteiger partial charge in [-0.05, 0) is 90.0 Å². The van der Waals surface area contributed by atoms with Gasteiger partial charge in [-0.1, -0.05) is 48.5 Å². The normalized spacial score (nSPS) is 14.9. The van der Waals surface area contributed by atoms with E-state index in [0.29, 0.717) is 17.1 Å². The molecular weight excluding hydrogens is 1370 g/mol. The van der Waals surface area contributed by atoms with Crippen LogP contribution in [0.4, 0.5) is 96.6 Å². The second kappa shape index (κ2) is 34.7. The van der Waals surface area contributed by atoms with Crippen molar-refractivity contribution in [3.05, 3.63) is 119 Å². The van der Waals surface area contributed by atoms with Gasteiger partial charge >= 0.3 is 66.3 Å². The molecule has 4 rings (SSSR count). The molecule has 0 spiro atoms. The van der Waals surface area contributed by atoms with Gasteiger partial charge in [0.05, 0.1) is 60.3 Å². The second-order valence-corrected chi connectivity index (χ2v) is 20.6. The molecule has 4 N–H and O–H groups in total. The molecular formula is C57H62F22O17. The Morgan fingerprint density at radius 3 is 1.03 bits per heavy atom. The van der Waals surface area contributed by atoms with Gasteiger partial charge in [0.15, 0.2) is 12.6 Å². The molecule has 0 saturated heterocycles. The fraction of sp³-hybridized carbons (Fsp3) is 0.579. The Morgan fingerprint density at radius 1 is 0.333 bits per heavy atom. The van der Waals surface area contributed by atoms with Gasteiger partial charge in [0.2, 0.25) is 0 Å². The third-order valence-corrected chi connectivity index (χ3v) is 12.5. The van der Waals surface area contributed by atoms with Crippen molar-refractivity contribution in [2.24, 2.45) is 0 Å². The Hall–Kier alpha value is -5.98. The molecule has 0 radical (unpaired) electrons. The minimum Gasteiger partial charge on any atom is -0.497 e.